The van der Waals surface area contributed by atoms with E-state index in [-0.39, 0.29) is 12.1 Å². The molecular weight excluding hydrogens is 422 g/mol. The average molecular weight is 444 g/mol. The SMILES string of the molecule is Cc1ccc(N2C(=S)N[C@@H](c3ccccn3)[C@@H]2c2ccc(Sc3ccccc3)o2)cc1. The second-order valence-electron chi connectivity index (χ2n) is 7.40. The van der Waals surface area contributed by atoms with Crippen LogP contribution in [0.15, 0.2) is 106 Å². The lowest BCUT2D eigenvalue weighted by Crippen LogP contribution is -2.29. The molecule has 1 fully saturated rings. The van der Waals surface area contributed by atoms with Crippen molar-refractivity contribution >= 4 is 34.8 Å². The van der Waals surface area contributed by atoms with Gasteiger partial charge in [0.05, 0.1) is 11.7 Å². The number of benzene rings is 2. The number of aromatic nitrogens is 1. The first-order valence-electron chi connectivity index (χ1n) is 10.1. The van der Waals surface area contributed by atoms with Crippen molar-refractivity contribution in [1.29, 1.82) is 0 Å². The molecule has 4 nitrogen and oxygen atoms in total. The van der Waals surface area contributed by atoms with Crippen molar-refractivity contribution < 1.29 is 4.42 Å². The predicted octanol–water partition coefficient (Wildman–Crippen LogP) is 6.31. The fourth-order valence-corrected chi connectivity index (χ4v) is 4.93. The number of rotatable bonds is 5. The van der Waals surface area contributed by atoms with Crippen molar-refractivity contribution in [2.24, 2.45) is 0 Å². The van der Waals surface area contributed by atoms with Gasteiger partial charge in [-0.15, -0.1) is 0 Å². The van der Waals surface area contributed by atoms with E-state index in [4.69, 9.17) is 16.6 Å². The molecule has 2 aromatic carbocycles. The summed E-state index contributed by atoms with van der Waals surface area (Å²) in [7, 11) is 0. The van der Waals surface area contributed by atoms with Crippen LogP contribution in [-0.4, -0.2) is 10.1 Å². The molecule has 1 N–H and O–H groups in total. The third-order valence-corrected chi connectivity index (χ3v) is 6.51. The molecule has 1 aliphatic heterocycles. The summed E-state index contributed by atoms with van der Waals surface area (Å²) < 4.78 is 6.34. The topological polar surface area (TPSA) is 41.3 Å². The van der Waals surface area contributed by atoms with Crippen molar-refractivity contribution in [1.82, 2.24) is 10.3 Å². The number of hydrogen-bond acceptors (Lipinski definition) is 4. The summed E-state index contributed by atoms with van der Waals surface area (Å²) >= 11 is 7.37. The number of thiocarbonyl (C=S) groups is 1. The van der Waals surface area contributed by atoms with Gasteiger partial charge in [0.2, 0.25) is 0 Å². The highest BCUT2D eigenvalue weighted by Crippen LogP contribution is 2.43. The Balaban J connectivity index is 1.53. The van der Waals surface area contributed by atoms with E-state index in [1.54, 1.807) is 11.8 Å². The largest absolute Gasteiger partial charge is 0.452 e. The van der Waals surface area contributed by atoms with Gasteiger partial charge in [0, 0.05) is 16.8 Å². The Kier molecular flexibility index (Phi) is 5.49. The number of nitrogens with one attached hydrogen (secondary N) is 1. The van der Waals surface area contributed by atoms with Gasteiger partial charge in [0.1, 0.15) is 11.8 Å². The molecule has 2 aromatic heterocycles. The molecule has 0 aliphatic carbocycles. The smallest absolute Gasteiger partial charge is 0.174 e. The second-order valence-corrected chi connectivity index (χ2v) is 8.87. The Morgan fingerprint density at radius 3 is 2.45 bits per heavy atom. The fraction of sp³-hybridized carbons (Fsp3) is 0.120. The maximum absolute atomic E-state index is 6.34. The van der Waals surface area contributed by atoms with E-state index in [2.05, 4.69) is 58.5 Å². The zero-order valence-corrected chi connectivity index (χ0v) is 18.6. The number of furan rings is 1. The third kappa shape index (κ3) is 4.09. The van der Waals surface area contributed by atoms with Crippen LogP contribution < -0.4 is 10.2 Å². The van der Waals surface area contributed by atoms with Crippen LogP contribution in [0.25, 0.3) is 0 Å². The first-order chi connectivity index (χ1) is 15.2. The second kappa shape index (κ2) is 8.57. The summed E-state index contributed by atoms with van der Waals surface area (Å²) in [4.78, 5) is 7.86. The maximum Gasteiger partial charge on any atom is 0.174 e. The van der Waals surface area contributed by atoms with Crippen molar-refractivity contribution in [2.75, 3.05) is 4.90 Å². The van der Waals surface area contributed by atoms with Crippen LogP contribution in [0.1, 0.15) is 29.1 Å². The Bertz CT molecular complexity index is 1180. The molecule has 154 valence electrons. The molecule has 1 saturated heterocycles. The molecule has 0 saturated carbocycles. The molecule has 5 rings (SSSR count). The first-order valence-corrected chi connectivity index (χ1v) is 11.3. The van der Waals surface area contributed by atoms with Crippen LogP contribution in [0.4, 0.5) is 5.69 Å². The summed E-state index contributed by atoms with van der Waals surface area (Å²) in [6.45, 7) is 2.08. The van der Waals surface area contributed by atoms with Crippen LogP contribution in [-0.2, 0) is 0 Å². The zero-order chi connectivity index (χ0) is 21.2. The van der Waals surface area contributed by atoms with Gasteiger partial charge in [-0.25, -0.2) is 0 Å². The van der Waals surface area contributed by atoms with Crippen LogP contribution in [0.2, 0.25) is 0 Å². The normalized spacial score (nSPS) is 18.2. The molecule has 0 amide bonds. The highest BCUT2D eigenvalue weighted by Gasteiger charge is 2.42. The highest BCUT2D eigenvalue weighted by atomic mass is 32.2. The van der Waals surface area contributed by atoms with Gasteiger partial charge in [0.15, 0.2) is 10.2 Å². The summed E-state index contributed by atoms with van der Waals surface area (Å²) in [6.07, 6.45) is 1.81. The number of aryl methyl sites for hydroxylation is 1. The minimum atomic E-state index is -0.143. The molecule has 4 aromatic rings. The van der Waals surface area contributed by atoms with Gasteiger partial charge in [-0.05, 0) is 67.7 Å². The first kappa shape index (κ1) is 19.8. The average Bonchev–Trinajstić information content (AvgIpc) is 3.40. The van der Waals surface area contributed by atoms with Crippen LogP contribution >= 0.6 is 24.0 Å². The minimum absolute atomic E-state index is 0.115. The van der Waals surface area contributed by atoms with Gasteiger partial charge in [0.25, 0.3) is 0 Å². The minimum Gasteiger partial charge on any atom is -0.452 e. The lowest BCUT2D eigenvalue weighted by Gasteiger charge is -2.26. The Morgan fingerprint density at radius 2 is 1.71 bits per heavy atom. The van der Waals surface area contributed by atoms with E-state index in [0.717, 1.165) is 27.1 Å². The molecule has 31 heavy (non-hydrogen) atoms. The quantitative estimate of drug-likeness (QED) is 0.365. The van der Waals surface area contributed by atoms with Crippen molar-refractivity contribution in [3.8, 4) is 0 Å². The summed E-state index contributed by atoms with van der Waals surface area (Å²) in [5.41, 5.74) is 3.16. The van der Waals surface area contributed by atoms with E-state index in [1.807, 2.05) is 54.7 Å². The maximum atomic E-state index is 6.34. The number of nitrogens with zero attached hydrogens (tertiary/aromatic N) is 2. The molecule has 0 radical (unpaired) electrons. The number of pyridine rings is 1. The van der Waals surface area contributed by atoms with Crippen molar-refractivity contribution in [3.05, 3.63) is 108 Å². The van der Waals surface area contributed by atoms with Crippen LogP contribution in [0, 0.1) is 6.92 Å². The molecule has 3 heterocycles. The van der Waals surface area contributed by atoms with E-state index >= 15 is 0 Å². The summed E-state index contributed by atoms with van der Waals surface area (Å²) in [5.74, 6) is 0.849. The Morgan fingerprint density at radius 1 is 0.935 bits per heavy atom. The fourth-order valence-electron chi connectivity index (χ4n) is 3.78. The number of hydrogen-bond donors (Lipinski definition) is 1. The van der Waals surface area contributed by atoms with Crippen molar-refractivity contribution in [3.63, 3.8) is 0 Å². The zero-order valence-electron chi connectivity index (χ0n) is 16.9. The highest BCUT2D eigenvalue weighted by molar-refractivity contribution is 7.99. The molecule has 0 bridgehead atoms. The lowest BCUT2D eigenvalue weighted by atomic mass is 10.0. The van der Waals surface area contributed by atoms with Gasteiger partial charge >= 0.3 is 0 Å². The molecule has 0 spiro atoms. The van der Waals surface area contributed by atoms with Crippen molar-refractivity contribution in [2.45, 2.75) is 29.0 Å². The number of anilines is 1. The summed E-state index contributed by atoms with van der Waals surface area (Å²) in [5, 5.41) is 4.98. The van der Waals surface area contributed by atoms with E-state index in [0.29, 0.717) is 5.11 Å². The molecule has 0 unspecified atom stereocenters. The third-order valence-electron chi connectivity index (χ3n) is 5.27. The molecule has 6 heteroatoms. The monoisotopic (exact) mass is 443 g/mol. The molecular formula is C25H21N3OS2. The van der Waals surface area contributed by atoms with Crippen LogP contribution in [0.5, 0.6) is 0 Å². The predicted molar refractivity (Wildman–Crippen MR) is 128 cm³/mol. The lowest BCUT2D eigenvalue weighted by molar-refractivity contribution is 0.383. The Labute approximate surface area is 191 Å². The van der Waals surface area contributed by atoms with E-state index in [1.165, 1.54) is 5.56 Å². The molecule has 1 aliphatic rings. The van der Waals surface area contributed by atoms with E-state index < -0.39 is 0 Å². The summed E-state index contributed by atoms with van der Waals surface area (Å²) in [6, 6.07) is 28.4. The van der Waals surface area contributed by atoms with E-state index in [9.17, 15) is 0 Å². The van der Waals surface area contributed by atoms with Gasteiger partial charge in [-0.3, -0.25) is 4.98 Å². The van der Waals surface area contributed by atoms with Gasteiger partial charge in [-0.2, -0.15) is 0 Å². The van der Waals surface area contributed by atoms with Gasteiger partial charge in [-0.1, -0.05) is 53.7 Å². The van der Waals surface area contributed by atoms with Crippen LogP contribution in [0.3, 0.4) is 0 Å². The Hall–Kier alpha value is -3.09. The van der Waals surface area contributed by atoms with Gasteiger partial charge < -0.3 is 14.6 Å². The molecule has 2 atom stereocenters. The standard InChI is InChI=1S/C25H21N3OS2/c1-17-10-12-18(13-11-17)28-24(23(27-25(28)30)20-9-5-6-16-26-20)21-14-15-22(29-21)31-19-7-3-2-4-8-19/h2-16,23-24H,1H3,(H,27,30)/t23-,24-/m0/s1.